The van der Waals surface area contributed by atoms with Gasteiger partial charge in [0.2, 0.25) is 17.0 Å². The van der Waals surface area contributed by atoms with Crippen LogP contribution >= 0.6 is 0 Å². The van der Waals surface area contributed by atoms with Crippen molar-refractivity contribution in [2.24, 2.45) is 0 Å². The SMILES string of the molecule is Cc1c(C(=O)C=Cc2ccccc2)nc2ccccc2[n+]1[O-]. The average Bonchev–Trinajstić information content (AvgIpc) is 2.57. The lowest BCUT2D eigenvalue weighted by atomic mass is 10.1. The lowest BCUT2D eigenvalue weighted by molar-refractivity contribution is -0.584. The van der Waals surface area contributed by atoms with Crippen molar-refractivity contribution in [2.75, 3.05) is 0 Å². The van der Waals surface area contributed by atoms with Crippen molar-refractivity contribution in [1.29, 1.82) is 0 Å². The first-order chi connectivity index (χ1) is 10.7. The van der Waals surface area contributed by atoms with Crippen LogP contribution in [0.5, 0.6) is 0 Å². The molecule has 0 bridgehead atoms. The van der Waals surface area contributed by atoms with Crippen LogP contribution in [0.4, 0.5) is 0 Å². The van der Waals surface area contributed by atoms with Gasteiger partial charge in [0, 0.05) is 13.0 Å². The standard InChI is InChI=1S/C18H14N2O2/c1-13-18(17(21)12-11-14-7-3-2-4-8-14)19-15-9-5-6-10-16(15)20(13)22/h2-12H,1H3. The van der Waals surface area contributed by atoms with Gasteiger partial charge in [-0.1, -0.05) is 48.5 Å². The molecule has 3 rings (SSSR count). The Bertz CT molecular complexity index is 871. The van der Waals surface area contributed by atoms with Gasteiger partial charge in [-0.05, 0) is 17.7 Å². The molecule has 4 nitrogen and oxygen atoms in total. The van der Waals surface area contributed by atoms with Crippen LogP contribution in [0.25, 0.3) is 17.1 Å². The number of para-hydroxylation sites is 2. The van der Waals surface area contributed by atoms with Crippen LogP contribution in [0.15, 0.2) is 60.7 Å². The first kappa shape index (κ1) is 13.9. The molecule has 3 aromatic rings. The highest BCUT2D eigenvalue weighted by Crippen LogP contribution is 2.12. The van der Waals surface area contributed by atoms with Crippen LogP contribution in [-0.4, -0.2) is 10.8 Å². The van der Waals surface area contributed by atoms with Crippen LogP contribution in [0.2, 0.25) is 0 Å². The van der Waals surface area contributed by atoms with Gasteiger partial charge in [-0.3, -0.25) is 4.79 Å². The number of nitrogens with zero attached hydrogens (tertiary/aromatic N) is 2. The lowest BCUT2D eigenvalue weighted by Crippen LogP contribution is -2.34. The van der Waals surface area contributed by atoms with Gasteiger partial charge in [0.25, 0.3) is 0 Å². The second-order valence-corrected chi connectivity index (χ2v) is 4.94. The molecule has 22 heavy (non-hydrogen) atoms. The second-order valence-electron chi connectivity index (χ2n) is 4.94. The Hall–Kier alpha value is -3.01. The van der Waals surface area contributed by atoms with Crippen LogP contribution in [0.1, 0.15) is 21.7 Å². The monoisotopic (exact) mass is 290 g/mol. The smallest absolute Gasteiger partial charge is 0.242 e. The fraction of sp³-hybridized carbons (Fsp3) is 0.0556. The van der Waals surface area contributed by atoms with Crippen LogP contribution in [-0.2, 0) is 0 Å². The van der Waals surface area contributed by atoms with Gasteiger partial charge in [0.15, 0.2) is 5.69 Å². The highest BCUT2D eigenvalue weighted by molar-refractivity contribution is 6.06. The summed E-state index contributed by atoms with van der Waals surface area (Å²) in [6, 6.07) is 16.5. The van der Waals surface area contributed by atoms with Crippen molar-refractivity contribution in [3.63, 3.8) is 0 Å². The van der Waals surface area contributed by atoms with Gasteiger partial charge in [-0.2, -0.15) is 4.73 Å². The van der Waals surface area contributed by atoms with Gasteiger partial charge in [0.05, 0.1) is 0 Å². The first-order valence-electron chi connectivity index (χ1n) is 6.93. The summed E-state index contributed by atoms with van der Waals surface area (Å²) in [5.41, 5.74) is 2.38. The van der Waals surface area contributed by atoms with Crippen LogP contribution in [0.3, 0.4) is 0 Å². The highest BCUT2D eigenvalue weighted by Gasteiger charge is 2.18. The van der Waals surface area contributed by atoms with Crippen molar-refractivity contribution in [3.8, 4) is 0 Å². The largest absolute Gasteiger partial charge is 0.618 e. The van der Waals surface area contributed by atoms with Crippen LogP contribution in [0, 0.1) is 12.1 Å². The molecule has 0 aliphatic heterocycles. The number of ketones is 1. The molecule has 1 heterocycles. The lowest BCUT2D eigenvalue weighted by Gasteiger charge is -2.07. The van der Waals surface area contributed by atoms with E-state index < -0.39 is 0 Å². The maximum absolute atomic E-state index is 12.3. The minimum Gasteiger partial charge on any atom is -0.618 e. The van der Waals surface area contributed by atoms with Crippen molar-refractivity contribution in [3.05, 3.63) is 82.8 Å². The number of allylic oxidation sites excluding steroid dienone is 1. The van der Waals surface area contributed by atoms with E-state index in [4.69, 9.17) is 0 Å². The summed E-state index contributed by atoms with van der Waals surface area (Å²) in [6.45, 7) is 1.61. The number of benzene rings is 2. The Morgan fingerprint density at radius 2 is 1.77 bits per heavy atom. The summed E-state index contributed by atoms with van der Waals surface area (Å²) in [4.78, 5) is 16.7. The Labute approximate surface area is 127 Å². The van der Waals surface area contributed by atoms with Crippen molar-refractivity contribution >= 4 is 22.9 Å². The fourth-order valence-corrected chi connectivity index (χ4v) is 2.26. The van der Waals surface area contributed by atoms with E-state index in [2.05, 4.69) is 4.98 Å². The number of carbonyl (C=O) groups excluding carboxylic acids is 1. The molecule has 0 amide bonds. The molecular weight excluding hydrogens is 276 g/mol. The third kappa shape index (κ3) is 2.59. The summed E-state index contributed by atoms with van der Waals surface area (Å²) in [5, 5.41) is 12.2. The minimum atomic E-state index is -0.281. The molecule has 0 radical (unpaired) electrons. The molecule has 0 aliphatic rings. The third-order valence-electron chi connectivity index (χ3n) is 3.44. The van der Waals surface area contributed by atoms with Gasteiger partial charge < -0.3 is 5.21 Å². The molecule has 0 saturated heterocycles. The molecular formula is C18H14N2O2. The number of rotatable bonds is 3. The van der Waals surface area contributed by atoms with Gasteiger partial charge in [-0.15, -0.1) is 0 Å². The Morgan fingerprint density at radius 3 is 2.55 bits per heavy atom. The van der Waals surface area contributed by atoms with E-state index in [1.807, 2.05) is 30.3 Å². The van der Waals surface area contributed by atoms with E-state index >= 15 is 0 Å². The highest BCUT2D eigenvalue weighted by atomic mass is 16.5. The number of fused-ring (bicyclic) bond motifs is 1. The molecule has 0 fully saturated rings. The zero-order valence-electron chi connectivity index (χ0n) is 12.1. The summed E-state index contributed by atoms with van der Waals surface area (Å²) in [5.74, 6) is -0.281. The summed E-state index contributed by atoms with van der Waals surface area (Å²) in [6.07, 6.45) is 3.16. The molecule has 0 aliphatic carbocycles. The molecule has 4 heteroatoms. The van der Waals surface area contributed by atoms with E-state index in [1.54, 1.807) is 37.3 Å². The number of carbonyl (C=O) groups is 1. The number of aromatic nitrogens is 2. The Balaban J connectivity index is 2.01. The van der Waals surface area contributed by atoms with Gasteiger partial charge >= 0.3 is 0 Å². The predicted molar refractivity (Wildman–Crippen MR) is 85.2 cm³/mol. The van der Waals surface area contributed by atoms with E-state index in [0.29, 0.717) is 16.7 Å². The normalized spacial score (nSPS) is 11.1. The van der Waals surface area contributed by atoms with Gasteiger partial charge in [-0.25, -0.2) is 4.98 Å². The maximum atomic E-state index is 12.3. The molecule has 0 unspecified atom stereocenters. The topological polar surface area (TPSA) is 56.9 Å². The molecule has 1 aromatic heterocycles. The third-order valence-corrected chi connectivity index (χ3v) is 3.44. The second kappa shape index (κ2) is 5.77. The summed E-state index contributed by atoms with van der Waals surface area (Å²) in [7, 11) is 0. The molecule has 0 spiro atoms. The van der Waals surface area contributed by atoms with E-state index in [1.165, 1.54) is 6.08 Å². The van der Waals surface area contributed by atoms with Crippen molar-refractivity contribution in [1.82, 2.24) is 4.98 Å². The molecule has 2 aromatic carbocycles. The molecule has 0 N–H and O–H groups in total. The summed E-state index contributed by atoms with van der Waals surface area (Å²) >= 11 is 0. The minimum absolute atomic E-state index is 0.181. The van der Waals surface area contributed by atoms with Crippen LogP contribution < -0.4 is 4.73 Å². The van der Waals surface area contributed by atoms with Crippen molar-refractivity contribution in [2.45, 2.75) is 6.92 Å². The Morgan fingerprint density at radius 1 is 1.09 bits per heavy atom. The van der Waals surface area contributed by atoms with E-state index in [0.717, 1.165) is 10.3 Å². The zero-order valence-corrected chi connectivity index (χ0v) is 12.1. The summed E-state index contributed by atoms with van der Waals surface area (Å²) < 4.78 is 0.756. The first-order valence-corrected chi connectivity index (χ1v) is 6.93. The quantitative estimate of drug-likeness (QED) is 0.322. The van der Waals surface area contributed by atoms with Gasteiger partial charge in [0.1, 0.15) is 5.52 Å². The van der Waals surface area contributed by atoms with Crippen molar-refractivity contribution < 1.29 is 9.52 Å². The molecule has 108 valence electrons. The Kier molecular flexibility index (Phi) is 3.66. The average molecular weight is 290 g/mol. The maximum Gasteiger partial charge on any atom is 0.242 e. The predicted octanol–water partition coefficient (Wildman–Crippen LogP) is 3.07. The van der Waals surface area contributed by atoms with E-state index in [9.17, 15) is 10.0 Å². The number of hydrogen-bond acceptors (Lipinski definition) is 3. The molecule has 0 atom stereocenters. The zero-order chi connectivity index (χ0) is 15.5. The number of hydrogen-bond donors (Lipinski definition) is 0. The van der Waals surface area contributed by atoms with E-state index in [-0.39, 0.29) is 11.5 Å². The molecule has 0 saturated carbocycles. The fourth-order valence-electron chi connectivity index (χ4n) is 2.26.